The van der Waals surface area contributed by atoms with Gasteiger partial charge in [0.15, 0.2) is 11.2 Å². The van der Waals surface area contributed by atoms with E-state index in [1.54, 1.807) is 24.3 Å². The molecule has 0 radical (unpaired) electrons. The smallest absolute Gasteiger partial charge is 0.290 e. The number of fused-ring (bicyclic) bond motifs is 1. The zero-order chi connectivity index (χ0) is 17.1. The van der Waals surface area contributed by atoms with Gasteiger partial charge in [0.25, 0.3) is 5.91 Å². The van der Waals surface area contributed by atoms with Gasteiger partial charge in [-0.25, -0.2) is 0 Å². The number of amides is 1. The molecule has 1 aromatic carbocycles. The number of carbonyl (C=O) groups excluding carboxylic acids is 1. The highest BCUT2D eigenvalue weighted by atomic mass is 32.2. The Hall–Kier alpha value is -1.79. The molecule has 0 spiro atoms. The molecular weight excluding hydrogens is 324 g/mol. The summed E-state index contributed by atoms with van der Waals surface area (Å²) in [6.07, 6.45) is 0.956. The topological polar surface area (TPSA) is 53.8 Å². The van der Waals surface area contributed by atoms with Crippen LogP contribution in [0.15, 0.2) is 39.5 Å². The summed E-state index contributed by atoms with van der Waals surface area (Å²) in [5.74, 6) is 1.90. The minimum atomic E-state index is -0.188. The third kappa shape index (κ3) is 3.65. The zero-order valence-electron chi connectivity index (χ0n) is 14.0. The molecule has 3 rings (SSSR count). The molecule has 1 saturated heterocycles. The number of rotatable bonds is 3. The predicted molar refractivity (Wildman–Crippen MR) is 97.8 cm³/mol. The molecule has 1 atom stereocenters. The van der Waals surface area contributed by atoms with Crippen LogP contribution in [0.5, 0.6) is 0 Å². The molecule has 0 unspecified atom stereocenters. The predicted octanol–water partition coefficient (Wildman–Crippen LogP) is 2.30. The van der Waals surface area contributed by atoms with Gasteiger partial charge < -0.3 is 14.2 Å². The van der Waals surface area contributed by atoms with Crippen LogP contribution in [0.2, 0.25) is 0 Å². The van der Waals surface area contributed by atoms with Crippen molar-refractivity contribution >= 4 is 28.6 Å². The second kappa shape index (κ2) is 7.40. The Morgan fingerprint density at radius 2 is 2.17 bits per heavy atom. The van der Waals surface area contributed by atoms with Gasteiger partial charge in [0.05, 0.1) is 11.4 Å². The Morgan fingerprint density at radius 3 is 2.96 bits per heavy atom. The third-order valence-corrected chi connectivity index (χ3v) is 5.32. The van der Waals surface area contributed by atoms with Gasteiger partial charge in [-0.2, -0.15) is 11.8 Å². The summed E-state index contributed by atoms with van der Waals surface area (Å²) in [4.78, 5) is 29.2. The first-order valence-corrected chi connectivity index (χ1v) is 9.28. The molecule has 1 aromatic heterocycles. The van der Waals surface area contributed by atoms with E-state index in [9.17, 15) is 9.59 Å². The van der Waals surface area contributed by atoms with Gasteiger partial charge in [-0.05, 0) is 38.4 Å². The van der Waals surface area contributed by atoms with Crippen LogP contribution in [-0.2, 0) is 0 Å². The number of hydrogen-bond donors (Lipinski definition) is 0. The van der Waals surface area contributed by atoms with E-state index in [4.69, 9.17) is 4.42 Å². The van der Waals surface area contributed by atoms with Crippen molar-refractivity contribution in [2.75, 3.05) is 38.7 Å². The molecule has 6 heteroatoms. The molecule has 1 amide bonds. The fourth-order valence-electron chi connectivity index (χ4n) is 3.02. The molecule has 0 N–H and O–H groups in total. The lowest BCUT2D eigenvalue weighted by molar-refractivity contribution is 0.0644. The summed E-state index contributed by atoms with van der Waals surface area (Å²) in [7, 11) is 4.02. The van der Waals surface area contributed by atoms with Gasteiger partial charge in [0.2, 0.25) is 0 Å². The molecule has 1 aliphatic rings. The van der Waals surface area contributed by atoms with Crippen LogP contribution in [0, 0.1) is 0 Å². The van der Waals surface area contributed by atoms with Crippen LogP contribution in [0.1, 0.15) is 17.0 Å². The number of likely N-dealkylation sites (N-methyl/N-ethyl adjacent to an activating group) is 1. The Labute approximate surface area is 145 Å². The quantitative estimate of drug-likeness (QED) is 0.854. The van der Waals surface area contributed by atoms with Gasteiger partial charge in [-0.15, -0.1) is 0 Å². The third-order valence-electron chi connectivity index (χ3n) is 4.12. The van der Waals surface area contributed by atoms with Crippen LogP contribution in [0.25, 0.3) is 11.0 Å². The van der Waals surface area contributed by atoms with E-state index in [-0.39, 0.29) is 23.1 Å². The summed E-state index contributed by atoms with van der Waals surface area (Å²) in [5.41, 5.74) is 0.287. The number of carbonyl (C=O) groups is 1. The molecule has 24 heavy (non-hydrogen) atoms. The molecule has 5 nitrogen and oxygen atoms in total. The van der Waals surface area contributed by atoms with E-state index in [1.807, 2.05) is 30.8 Å². The standard InChI is InChI=1S/C18H22N2O3S/c1-19(2)11-13-12-24-9-5-8-20(13)18(22)17-10-15(21)14-6-3-4-7-16(14)23-17/h3-4,6-7,10,13H,5,8-9,11-12H2,1-2H3/t13-/m1/s1. The number of benzene rings is 1. The molecule has 128 valence electrons. The molecule has 1 fully saturated rings. The summed E-state index contributed by atoms with van der Waals surface area (Å²) < 4.78 is 5.74. The average Bonchev–Trinajstić information content (AvgIpc) is 2.79. The fourth-order valence-corrected chi connectivity index (χ4v) is 4.08. The highest BCUT2D eigenvalue weighted by molar-refractivity contribution is 7.99. The van der Waals surface area contributed by atoms with Crippen LogP contribution in [0.3, 0.4) is 0 Å². The second-order valence-electron chi connectivity index (χ2n) is 6.31. The van der Waals surface area contributed by atoms with Crippen LogP contribution >= 0.6 is 11.8 Å². The second-order valence-corrected chi connectivity index (χ2v) is 7.46. The summed E-state index contributed by atoms with van der Waals surface area (Å²) in [6.45, 7) is 1.50. The van der Waals surface area contributed by atoms with Crippen molar-refractivity contribution in [1.82, 2.24) is 9.80 Å². The first-order chi connectivity index (χ1) is 11.6. The van der Waals surface area contributed by atoms with Crippen molar-refractivity contribution in [2.24, 2.45) is 0 Å². The van der Waals surface area contributed by atoms with E-state index in [0.717, 1.165) is 24.5 Å². The van der Waals surface area contributed by atoms with E-state index in [1.165, 1.54) is 6.07 Å². The fraction of sp³-hybridized carbons (Fsp3) is 0.444. The molecular formula is C18H22N2O3S. The highest BCUT2D eigenvalue weighted by Gasteiger charge is 2.28. The summed E-state index contributed by atoms with van der Waals surface area (Å²) >= 11 is 1.87. The number of nitrogens with zero attached hydrogens (tertiary/aromatic N) is 2. The van der Waals surface area contributed by atoms with Crippen molar-refractivity contribution in [3.63, 3.8) is 0 Å². The number of thioether (sulfide) groups is 1. The van der Waals surface area contributed by atoms with Crippen molar-refractivity contribution < 1.29 is 9.21 Å². The normalized spacial score (nSPS) is 18.8. The largest absolute Gasteiger partial charge is 0.451 e. The minimum absolute atomic E-state index is 0.122. The minimum Gasteiger partial charge on any atom is -0.451 e. The van der Waals surface area contributed by atoms with Gasteiger partial charge in [0.1, 0.15) is 5.58 Å². The van der Waals surface area contributed by atoms with Gasteiger partial charge in [0, 0.05) is 24.9 Å². The maximum absolute atomic E-state index is 13.0. The average molecular weight is 346 g/mol. The maximum Gasteiger partial charge on any atom is 0.290 e. The molecule has 0 aliphatic carbocycles. The Balaban J connectivity index is 1.95. The summed E-state index contributed by atoms with van der Waals surface area (Å²) in [5, 5.41) is 0.505. The first kappa shape index (κ1) is 17.0. The van der Waals surface area contributed by atoms with Gasteiger partial charge >= 0.3 is 0 Å². The number of para-hydroxylation sites is 1. The van der Waals surface area contributed by atoms with E-state index in [2.05, 4.69) is 4.90 Å². The lowest BCUT2D eigenvalue weighted by Gasteiger charge is -2.31. The van der Waals surface area contributed by atoms with E-state index < -0.39 is 0 Å². The highest BCUT2D eigenvalue weighted by Crippen LogP contribution is 2.20. The molecule has 1 aliphatic heterocycles. The molecule has 2 aromatic rings. The molecule has 2 heterocycles. The first-order valence-electron chi connectivity index (χ1n) is 8.12. The zero-order valence-corrected chi connectivity index (χ0v) is 14.8. The monoisotopic (exact) mass is 346 g/mol. The van der Waals surface area contributed by atoms with Crippen molar-refractivity contribution in [2.45, 2.75) is 12.5 Å². The molecule has 0 saturated carbocycles. The summed E-state index contributed by atoms with van der Waals surface area (Å²) in [6, 6.07) is 8.49. The van der Waals surface area contributed by atoms with Crippen LogP contribution in [0.4, 0.5) is 0 Å². The van der Waals surface area contributed by atoms with Crippen LogP contribution < -0.4 is 5.43 Å². The Morgan fingerprint density at radius 1 is 1.38 bits per heavy atom. The maximum atomic E-state index is 13.0. The lowest BCUT2D eigenvalue weighted by Crippen LogP contribution is -2.46. The van der Waals surface area contributed by atoms with E-state index >= 15 is 0 Å². The van der Waals surface area contributed by atoms with Crippen molar-refractivity contribution in [1.29, 1.82) is 0 Å². The Bertz CT molecular complexity index is 787. The SMILES string of the molecule is CN(C)C[C@@H]1CSCCCN1C(=O)c1cc(=O)c2ccccc2o1. The molecule has 0 bridgehead atoms. The van der Waals surface area contributed by atoms with E-state index in [0.29, 0.717) is 17.5 Å². The lowest BCUT2D eigenvalue weighted by atomic mass is 10.2. The van der Waals surface area contributed by atoms with Gasteiger partial charge in [-0.1, -0.05) is 12.1 Å². The Kier molecular flexibility index (Phi) is 5.26. The van der Waals surface area contributed by atoms with Crippen LogP contribution in [-0.4, -0.2) is 60.4 Å². The van der Waals surface area contributed by atoms with Crippen molar-refractivity contribution in [3.05, 3.63) is 46.3 Å². The van der Waals surface area contributed by atoms with Crippen molar-refractivity contribution in [3.8, 4) is 0 Å². The van der Waals surface area contributed by atoms with Gasteiger partial charge in [-0.3, -0.25) is 9.59 Å². The number of hydrogen-bond acceptors (Lipinski definition) is 5.